The summed E-state index contributed by atoms with van der Waals surface area (Å²) in [5.41, 5.74) is 0.0547. The lowest BCUT2D eigenvalue weighted by Crippen LogP contribution is -2.14. The second kappa shape index (κ2) is 4.57. The third-order valence-electron chi connectivity index (χ3n) is 4.60. The summed E-state index contributed by atoms with van der Waals surface area (Å²) < 4.78 is 0. The van der Waals surface area contributed by atoms with Crippen molar-refractivity contribution in [2.45, 2.75) is 40.7 Å². The second-order valence-electron chi connectivity index (χ2n) is 6.24. The molecule has 2 rings (SSSR count). The summed E-state index contributed by atoms with van der Waals surface area (Å²) >= 11 is 0. The summed E-state index contributed by atoms with van der Waals surface area (Å²) in [6.07, 6.45) is 1.25. The lowest BCUT2D eigenvalue weighted by atomic mass is 10.0. The first kappa shape index (κ1) is 14.5. The Labute approximate surface area is 118 Å². The topological polar surface area (TPSA) is 93.0 Å². The molecule has 0 unspecified atom stereocenters. The highest BCUT2D eigenvalue weighted by molar-refractivity contribution is 5.59. The fourth-order valence-corrected chi connectivity index (χ4v) is 2.55. The van der Waals surface area contributed by atoms with Crippen LogP contribution in [0.25, 0.3) is 0 Å². The summed E-state index contributed by atoms with van der Waals surface area (Å²) in [6.45, 7) is 11.2. The molecule has 1 heterocycles. The van der Waals surface area contributed by atoms with E-state index in [0.29, 0.717) is 12.5 Å². The Kier molecular flexibility index (Phi) is 3.31. The van der Waals surface area contributed by atoms with E-state index in [1.165, 1.54) is 6.20 Å². The normalized spacial score (nSPS) is 19.4. The van der Waals surface area contributed by atoms with Crippen molar-refractivity contribution < 1.29 is 4.92 Å². The van der Waals surface area contributed by atoms with Crippen LogP contribution in [-0.2, 0) is 0 Å². The molecular weight excluding hydrogens is 258 g/mol. The third kappa shape index (κ3) is 2.17. The molecular formula is C13H21N5O2. The second-order valence-corrected chi connectivity index (χ2v) is 6.24. The van der Waals surface area contributed by atoms with Gasteiger partial charge in [-0.2, -0.15) is 4.98 Å². The minimum Gasteiger partial charge on any atom is -0.360 e. The molecule has 0 aromatic carbocycles. The van der Waals surface area contributed by atoms with Gasteiger partial charge in [0.05, 0.1) is 4.92 Å². The Balaban J connectivity index is 2.30. The van der Waals surface area contributed by atoms with Crippen LogP contribution in [0.5, 0.6) is 0 Å². The van der Waals surface area contributed by atoms with Gasteiger partial charge in [0.25, 0.3) is 0 Å². The highest BCUT2D eigenvalue weighted by Gasteiger charge is 2.65. The Bertz CT molecular complexity index is 528. The van der Waals surface area contributed by atoms with E-state index < -0.39 is 4.92 Å². The quantitative estimate of drug-likeness (QED) is 0.635. The van der Waals surface area contributed by atoms with Gasteiger partial charge in [-0.15, -0.1) is 0 Å². The lowest BCUT2D eigenvalue weighted by molar-refractivity contribution is -0.384. The fourth-order valence-electron chi connectivity index (χ4n) is 2.55. The first-order valence-corrected chi connectivity index (χ1v) is 6.73. The summed E-state index contributed by atoms with van der Waals surface area (Å²) in [5, 5.41) is 17.3. The van der Waals surface area contributed by atoms with E-state index >= 15 is 0 Å². The van der Waals surface area contributed by atoms with Crippen molar-refractivity contribution in [3.8, 4) is 0 Å². The molecule has 0 aliphatic heterocycles. The van der Waals surface area contributed by atoms with Gasteiger partial charge in [-0.05, 0) is 17.8 Å². The van der Waals surface area contributed by atoms with Crippen molar-refractivity contribution in [2.75, 3.05) is 17.2 Å². The predicted molar refractivity (Wildman–Crippen MR) is 77.8 cm³/mol. The summed E-state index contributed by atoms with van der Waals surface area (Å²) in [7, 11) is 0. The SMILES string of the molecule is CCNc1ncc([N+](=O)[O-])c(NC2C(C)(C)C2(C)C)n1. The summed E-state index contributed by atoms with van der Waals surface area (Å²) in [5.74, 6) is 0.682. The zero-order valence-corrected chi connectivity index (χ0v) is 12.5. The van der Waals surface area contributed by atoms with Gasteiger partial charge < -0.3 is 10.6 Å². The molecule has 0 atom stereocenters. The van der Waals surface area contributed by atoms with Gasteiger partial charge in [0.15, 0.2) is 0 Å². The number of hydrogen-bond acceptors (Lipinski definition) is 6. The van der Waals surface area contributed by atoms with Crippen LogP contribution in [0.4, 0.5) is 17.5 Å². The van der Waals surface area contributed by atoms with E-state index in [1.807, 2.05) is 6.92 Å². The highest BCUT2D eigenvalue weighted by atomic mass is 16.6. The molecule has 110 valence electrons. The molecule has 2 N–H and O–H groups in total. The molecule has 0 radical (unpaired) electrons. The Morgan fingerprint density at radius 2 is 1.95 bits per heavy atom. The zero-order chi connectivity index (χ0) is 15.1. The fraction of sp³-hybridized carbons (Fsp3) is 0.692. The molecule has 7 nitrogen and oxygen atoms in total. The molecule has 0 amide bonds. The maximum atomic E-state index is 11.1. The van der Waals surface area contributed by atoms with Crippen molar-refractivity contribution in [3.63, 3.8) is 0 Å². The molecule has 1 fully saturated rings. The van der Waals surface area contributed by atoms with Gasteiger partial charge >= 0.3 is 5.69 Å². The van der Waals surface area contributed by atoms with Crippen LogP contribution < -0.4 is 10.6 Å². The lowest BCUT2D eigenvalue weighted by Gasteiger charge is -2.09. The maximum Gasteiger partial charge on any atom is 0.329 e. The number of hydrogen-bond donors (Lipinski definition) is 2. The van der Waals surface area contributed by atoms with Crippen LogP contribution in [0.2, 0.25) is 0 Å². The summed E-state index contributed by atoms with van der Waals surface area (Å²) in [4.78, 5) is 18.8. The molecule has 1 saturated carbocycles. The molecule has 20 heavy (non-hydrogen) atoms. The molecule has 1 aliphatic rings. The number of nitrogens with zero attached hydrogens (tertiary/aromatic N) is 3. The first-order chi connectivity index (χ1) is 9.21. The van der Waals surface area contributed by atoms with Crippen molar-refractivity contribution in [1.82, 2.24) is 9.97 Å². The van der Waals surface area contributed by atoms with Gasteiger partial charge in [-0.1, -0.05) is 27.7 Å². The molecule has 7 heteroatoms. The molecule has 0 spiro atoms. The Morgan fingerprint density at radius 3 is 2.40 bits per heavy atom. The van der Waals surface area contributed by atoms with Crippen LogP contribution >= 0.6 is 0 Å². The number of aromatic nitrogens is 2. The molecule has 1 aromatic rings. The molecule has 1 aromatic heterocycles. The van der Waals surface area contributed by atoms with Gasteiger partial charge in [0, 0.05) is 12.6 Å². The van der Waals surface area contributed by atoms with Crippen molar-refractivity contribution in [3.05, 3.63) is 16.3 Å². The largest absolute Gasteiger partial charge is 0.360 e. The van der Waals surface area contributed by atoms with Crippen LogP contribution in [0, 0.1) is 20.9 Å². The number of anilines is 2. The first-order valence-electron chi connectivity index (χ1n) is 6.73. The van der Waals surface area contributed by atoms with E-state index in [-0.39, 0.29) is 28.4 Å². The molecule has 0 bridgehead atoms. The minimum atomic E-state index is -0.458. The van der Waals surface area contributed by atoms with Crippen molar-refractivity contribution in [2.24, 2.45) is 10.8 Å². The van der Waals surface area contributed by atoms with E-state index in [1.54, 1.807) is 0 Å². The summed E-state index contributed by atoms with van der Waals surface area (Å²) in [6, 6.07) is 0.151. The van der Waals surface area contributed by atoms with Crippen molar-refractivity contribution in [1.29, 1.82) is 0 Å². The number of rotatable bonds is 5. The van der Waals surface area contributed by atoms with E-state index in [2.05, 4.69) is 48.3 Å². The van der Waals surface area contributed by atoms with E-state index in [9.17, 15) is 10.1 Å². The van der Waals surface area contributed by atoms with E-state index in [0.717, 1.165) is 0 Å². The minimum absolute atomic E-state index is 0.0736. The van der Waals surface area contributed by atoms with Gasteiger partial charge in [0.1, 0.15) is 6.20 Å². The van der Waals surface area contributed by atoms with Crippen LogP contribution in [0.3, 0.4) is 0 Å². The van der Waals surface area contributed by atoms with Crippen LogP contribution in [0.15, 0.2) is 6.20 Å². The standard InChI is InChI=1S/C13H21N5O2/c1-6-14-11-15-7-8(18(19)20)9(17-11)16-10-12(2,3)13(10,4)5/h7,10H,6H2,1-5H3,(H2,14,15,16,17). The smallest absolute Gasteiger partial charge is 0.329 e. The number of nitrogens with one attached hydrogen (secondary N) is 2. The van der Waals surface area contributed by atoms with Crippen molar-refractivity contribution >= 4 is 17.5 Å². The zero-order valence-electron chi connectivity index (χ0n) is 12.5. The average molecular weight is 279 g/mol. The Hall–Kier alpha value is -1.92. The van der Waals surface area contributed by atoms with Gasteiger partial charge in [-0.3, -0.25) is 10.1 Å². The number of nitro groups is 1. The molecule has 0 saturated heterocycles. The average Bonchev–Trinajstić information content (AvgIpc) is 2.72. The van der Waals surface area contributed by atoms with Crippen LogP contribution in [-0.4, -0.2) is 27.5 Å². The molecule has 1 aliphatic carbocycles. The maximum absolute atomic E-state index is 11.1. The predicted octanol–water partition coefficient (Wildman–Crippen LogP) is 2.66. The van der Waals surface area contributed by atoms with Gasteiger partial charge in [-0.25, -0.2) is 4.98 Å². The monoisotopic (exact) mass is 279 g/mol. The van der Waals surface area contributed by atoms with E-state index in [4.69, 9.17) is 0 Å². The van der Waals surface area contributed by atoms with Gasteiger partial charge in [0.2, 0.25) is 11.8 Å². The third-order valence-corrected chi connectivity index (χ3v) is 4.60. The van der Waals surface area contributed by atoms with Crippen LogP contribution in [0.1, 0.15) is 34.6 Å². The highest BCUT2D eigenvalue weighted by Crippen LogP contribution is 2.63. The Morgan fingerprint density at radius 1 is 1.35 bits per heavy atom.